The number of benzene rings is 1. The Morgan fingerprint density at radius 3 is 2.44 bits per heavy atom. The Labute approximate surface area is 158 Å². The van der Waals surface area contributed by atoms with Gasteiger partial charge in [0.15, 0.2) is 0 Å². The van der Waals surface area contributed by atoms with Crippen LogP contribution in [0.15, 0.2) is 36.7 Å². The summed E-state index contributed by atoms with van der Waals surface area (Å²) in [5.74, 6) is 0.128. The number of nitrogens with zero attached hydrogens (tertiary/aromatic N) is 3. The topological polar surface area (TPSA) is 84.4 Å². The summed E-state index contributed by atoms with van der Waals surface area (Å²) in [5, 5.41) is 3.14. The van der Waals surface area contributed by atoms with E-state index in [-0.39, 0.29) is 11.9 Å². The van der Waals surface area contributed by atoms with E-state index in [9.17, 15) is 9.59 Å². The van der Waals surface area contributed by atoms with E-state index in [0.717, 1.165) is 31.6 Å². The molecule has 1 aliphatic rings. The van der Waals surface area contributed by atoms with E-state index in [2.05, 4.69) is 15.3 Å². The molecule has 1 fully saturated rings. The summed E-state index contributed by atoms with van der Waals surface area (Å²) in [7, 11) is 0. The van der Waals surface area contributed by atoms with Gasteiger partial charge in [-0.05, 0) is 44.0 Å². The Kier molecular flexibility index (Phi) is 6.35. The molecule has 0 aliphatic carbocycles. The highest BCUT2D eigenvalue weighted by molar-refractivity contribution is 5.93. The molecule has 1 aliphatic heterocycles. The summed E-state index contributed by atoms with van der Waals surface area (Å²) in [6.45, 7) is 3.67. The van der Waals surface area contributed by atoms with Crippen LogP contribution in [-0.2, 0) is 4.74 Å². The third-order valence-electron chi connectivity index (χ3n) is 4.45. The molecule has 1 saturated heterocycles. The number of carbonyl (C=O) groups is 2. The van der Waals surface area contributed by atoms with E-state index in [0.29, 0.717) is 23.7 Å². The van der Waals surface area contributed by atoms with Gasteiger partial charge in [0, 0.05) is 24.8 Å². The maximum atomic E-state index is 12.7. The van der Waals surface area contributed by atoms with Gasteiger partial charge in [-0.25, -0.2) is 14.8 Å². The molecule has 0 radical (unpaired) electrons. The van der Waals surface area contributed by atoms with Gasteiger partial charge >= 0.3 is 5.97 Å². The van der Waals surface area contributed by atoms with Crippen molar-refractivity contribution in [2.45, 2.75) is 32.6 Å². The van der Waals surface area contributed by atoms with Crippen molar-refractivity contribution < 1.29 is 14.3 Å². The molecule has 2 heterocycles. The summed E-state index contributed by atoms with van der Waals surface area (Å²) >= 11 is 0. The fourth-order valence-electron chi connectivity index (χ4n) is 3.03. The molecule has 0 saturated carbocycles. The van der Waals surface area contributed by atoms with Crippen molar-refractivity contribution in [1.82, 2.24) is 14.9 Å². The van der Waals surface area contributed by atoms with Crippen LogP contribution in [0, 0.1) is 0 Å². The minimum absolute atomic E-state index is 0.0555. The molecule has 1 amide bonds. The monoisotopic (exact) mass is 368 g/mol. The molecule has 142 valence electrons. The van der Waals surface area contributed by atoms with E-state index in [4.69, 9.17) is 4.74 Å². The van der Waals surface area contributed by atoms with E-state index >= 15 is 0 Å². The standard InChI is InChI=1S/C20H24N4O3/c1-2-27-20(26)15-7-9-16(10-8-15)23-18-13-17(21-14-22-18)19(25)24-11-5-3-4-6-12-24/h7-10,13-14H,2-6,11-12H2,1H3,(H,21,22,23). The first-order valence-electron chi connectivity index (χ1n) is 9.33. The Bertz CT molecular complexity index is 784. The minimum atomic E-state index is -0.351. The molecule has 7 heteroatoms. The van der Waals surface area contributed by atoms with Gasteiger partial charge in [0.1, 0.15) is 17.8 Å². The zero-order valence-electron chi connectivity index (χ0n) is 15.5. The van der Waals surface area contributed by atoms with Crippen LogP contribution < -0.4 is 5.32 Å². The van der Waals surface area contributed by atoms with Crippen molar-refractivity contribution in [1.29, 1.82) is 0 Å². The summed E-state index contributed by atoms with van der Waals surface area (Å²) in [4.78, 5) is 34.6. The van der Waals surface area contributed by atoms with Gasteiger partial charge in [-0.15, -0.1) is 0 Å². The van der Waals surface area contributed by atoms with E-state index < -0.39 is 0 Å². The van der Waals surface area contributed by atoms with Gasteiger partial charge in [-0.1, -0.05) is 12.8 Å². The lowest BCUT2D eigenvalue weighted by Crippen LogP contribution is -2.32. The number of amides is 1. The molecule has 0 unspecified atom stereocenters. The highest BCUT2D eigenvalue weighted by Crippen LogP contribution is 2.18. The average Bonchev–Trinajstić information content (AvgIpc) is 2.98. The van der Waals surface area contributed by atoms with E-state index in [1.54, 1.807) is 37.3 Å². The van der Waals surface area contributed by atoms with Crippen LogP contribution in [0.5, 0.6) is 0 Å². The van der Waals surface area contributed by atoms with Gasteiger partial charge < -0.3 is 15.0 Å². The smallest absolute Gasteiger partial charge is 0.338 e. The Hall–Kier alpha value is -2.96. The molecule has 27 heavy (non-hydrogen) atoms. The van der Waals surface area contributed by atoms with Crippen molar-refractivity contribution in [3.05, 3.63) is 47.9 Å². The molecule has 0 spiro atoms. The number of hydrogen-bond donors (Lipinski definition) is 1. The van der Waals surface area contributed by atoms with Gasteiger partial charge in [0.05, 0.1) is 12.2 Å². The number of rotatable bonds is 5. The van der Waals surface area contributed by atoms with Crippen molar-refractivity contribution in [2.75, 3.05) is 25.0 Å². The van der Waals surface area contributed by atoms with Crippen LogP contribution in [-0.4, -0.2) is 46.4 Å². The molecule has 1 aromatic heterocycles. The van der Waals surface area contributed by atoms with Gasteiger partial charge in [-0.3, -0.25) is 4.79 Å². The SMILES string of the molecule is CCOC(=O)c1ccc(Nc2cc(C(=O)N3CCCCCC3)ncn2)cc1. The van der Waals surface area contributed by atoms with E-state index in [1.165, 1.54) is 19.2 Å². The van der Waals surface area contributed by atoms with Crippen LogP contribution in [0.4, 0.5) is 11.5 Å². The Balaban J connectivity index is 1.68. The third-order valence-corrected chi connectivity index (χ3v) is 4.45. The number of likely N-dealkylation sites (tertiary alicyclic amines) is 1. The number of hydrogen-bond acceptors (Lipinski definition) is 6. The molecule has 3 rings (SSSR count). The van der Waals surface area contributed by atoms with Crippen molar-refractivity contribution in [2.24, 2.45) is 0 Å². The molecular weight excluding hydrogens is 344 g/mol. The molecule has 0 atom stereocenters. The normalized spacial score (nSPS) is 14.3. The number of aromatic nitrogens is 2. The molecule has 7 nitrogen and oxygen atoms in total. The Morgan fingerprint density at radius 1 is 1.07 bits per heavy atom. The summed E-state index contributed by atoms with van der Waals surface area (Å²) in [6.07, 6.45) is 5.80. The number of esters is 1. The number of nitrogens with one attached hydrogen (secondary N) is 1. The molecular formula is C20H24N4O3. The van der Waals surface area contributed by atoms with Gasteiger partial charge in [0.2, 0.25) is 0 Å². The average molecular weight is 368 g/mol. The van der Waals surface area contributed by atoms with Crippen LogP contribution in [0.25, 0.3) is 0 Å². The zero-order chi connectivity index (χ0) is 19.1. The highest BCUT2D eigenvalue weighted by atomic mass is 16.5. The van der Waals surface area contributed by atoms with Crippen molar-refractivity contribution >= 4 is 23.4 Å². The van der Waals surface area contributed by atoms with Crippen LogP contribution >= 0.6 is 0 Å². The van der Waals surface area contributed by atoms with E-state index in [1.807, 2.05) is 4.90 Å². The summed E-state index contributed by atoms with van der Waals surface area (Å²) < 4.78 is 4.97. The second-order valence-corrected chi connectivity index (χ2v) is 6.42. The second kappa shape index (κ2) is 9.12. The first kappa shape index (κ1) is 18.8. The number of carbonyl (C=O) groups excluding carboxylic acids is 2. The predicted molar refractivity (Wildman–Crippen MR) is 102 cm³/mol. The highest BCUT2D eigenvalue weighted by Gasteiger charge is 2.19. The van der Waals surface area contributed by atoms with Crippen LogP contribution in [0.3, 0.4) is 0 Å². The Morgan fingerprint density at radius 2 is 1.78 bits per heavy atom. The number of anilines is 2. The van der Waals surface area contributed by atoms with Crippen molar-refractivity contribution in [3.8, 4) is 0 Å². The minimum Gasteiger partial charge on any atom is -0.462 e. The first-order chi connectivity index (χ1) is 13.2. The lowest BCUT2D eigenvalue weighted by atomic mass is 10.2. The van der Waals surface area contributed by atoms with Crippen molar-refractivity contribution in [3.63, 3.8) is 0 Å². The quantitative estimate of drug-likeness (QED) is 0.814. The molecule has 0 bridgehead atoms. The number of ether oxygens (including phenoxy) is 1. The second-order valence-electron chi connectivity index (χ2n) is 6.42. The van der Waals surface area contributed by atoms with Crippen LogP contribution in [0.2, 0.25) is 0 Å². The molecule has 1 aromatic carbocycles. The summed E-state index contributed by atoms with van der Waals surface area (Å²) in [5.41, 5.74) is 1.63. The first-order valence-corrected chi connectivity index (χ1v) is 9.33. The lowest BCUT2D eigenvalue weighted by molar-refractivity contribution is 0.0526. The largest absolute Gasteiger partial charge is 0.462 e. The van der Waals surface area contributed by atoms with Crippen LogP contribution in [0.1, 0.15) is 53.5 Å². The molecule has 2 aromatic rings. The van der Waals surface area contributed by atoms with Gasteiger partial charge in [0.25, 0.3) is 5.91 Å². The predicted octanol–water partition coefficient (Wildman–Crippen LogP) is 3.41. The fraction of sp³-hybridized carbons (Fsp3) is 0.400. The molecule has 1 N–H and O–H groups in total. The zero-order valence-corrected chi connectivity index (χ0v) is 15.5. The maximum absolute atomic E-state index is 12.7. The van der Waals surface area contributed by atoms with Gasteiger partial charge in [-0.2, -0.15) is 0 Å². The fourth-order valence-corrected chi connectivity index (χ4v) is 3.03. The lowest BCUT2D eigenvalue weighted by Gasteiger charge is -2.19. The summed E-state index contributed by atoms with van der Waals surface area (Å²) in [6, 6.07) is 8.57. The maximum Gasteiger partial charge on any atom is 0.338 e. The third kappa shape index (κ3) is 5.03.